The maximum Gasteiger partial charge on any atom is 0.216 e. The first-order valence-electron chi connectivity index (χ1n) is 6.74. The molecule has 3 aromatic rings. The van der Waals surface area contributed by atoms with E-state index < -0.39 is 0 Å². The summed E-state index contributed by atoms with van der Waals surface area (Å²) in [6.07, 6.45) is 0. The minimum atomic E-state index is 0.901. The number of aromatic nitrogens is 1. The molecule has 3 rings (SSSR count). The van der Waals surface area contributed by atoms with Crippen LogP contribution in [0.1, 0.15) is 5.69 Å². The summed E-state index contributed by atoms with van der Waals surface area (Å²) < 4.78 is 7.72. The minimum absolute atomic E-state index is 0.901. The average molecular weight is 264 g/mol. The molecule has 0 atom stereocenters. The third kappa shape index (κ3) is 1.94. The number of benzene rings is 2. The molecule has 0 saturated carbocycles. The Morgan fingerprint density at radius 2 is 1.65 bits per heavy atom. The number of pyridine rings is 1. The van der Waals surface area contributed by atoms with Gasteiger partial charge in [-0.1, -0.05) is 30.3 Å². The number of aryl methyl sites for hydroxylation is 1. The molecule has 0 aliphatic rings. The van der Waals surface area contributed by atoms with Crippen molar-refractivity contribution in [2.75, 3.05) is 7.11 Å². The molecular weight excluding hydrogens is 246 g/mol. The Kier molecular flexibility index (Phi) is 3.15. The molecule has 0 unspecified atom stereocenters. The van der Waals surface area contributed by atoms with Crippen molar-refractivity contribution >= 4 is 10.8 Å². The van der Waals surface area contributed by atoms with Crippen molar-refractivity contribution in [3.8, 4) is 17.0 Å². The second-order valence-corrected chi connectivity index (χ2v) is 4.96. The van der Waals surface area contributed by atoms with Crippen molar-refractivity contribution in [3.63, 3.8) is 0 Å². The van der Waals surface area contributed by atoms with Gasteiger partial charge in [0.1, 0.15) is 12.8 Å². The summed E-state index contributed by atoms with van der Waals surface area (Å²) in [6.45, 7) is 2.15. The van der Waals surface area contributed by atoms with Gasteiger partial charge in [0.2, 0.25) is 5.69 Å². The fraction of sp³-hybridized carbons (Fsp3) is 0.167. The Hall–Kier alpha value is -2.35. The zero-order chi connectivity index (χ0) is 14.1. The molecule has 0 aliphatic heterocycles. The largest absolute Gasteiger partial charge is 0.496 e. The van der Waals surface area contributed by atoms with Crippen LogP contribution in [0.25, 0.3) is 22.0 Å². The lowest BCUT2D eigenvalue weighted by molar-refractivity contribution is -0.665. The molecule has 1 heterocycles. The first-order chi connectivity index (χ1) is 9.72. The molecule has 0 saturated heterocycles. The van der Waals surface area contributed by atoms with Crippen LogP contribution in [0.5, 0.6) is 5.75 Å². The van der Waals surface area contributed by atoms with Crippen molar-refractivity contribution in [1.82, 2.24) is 0 Å². The van der Waals surface area contributed by atoms with E-state index in [1.807, 2.05) is 18.2 Å². The van der Waals surface area contributed by atoms with Gasteiger partial charge < -0.3 is 4.74 Å². The van der Waals surface area contributed by atoms with Gasteiger partial charge in [-0.3, -0.25) is 0 Å². The summed E-state index contributed by atoms with van der Waals surface area (Å²) >= 11 is 0. The van der Waals surface area contributed by atoms with Gasteiger partial charge in [0.15, 0.2) is 5.69 Å². The highest BCUT2D eigenvalue weighted by Gasteiger charge is 2.18. The van der Waals surface area contributed by atoms with Gasteiger partial charge in [0.25, 0.3) is 0 Å². The van der Waals surface area contributed by atoms with Crippen molar-refractivity contribution < 1.29 is 9.30 Å². The highest BCUT2D eigenvalue weighted by atomic mass is 16.5. The zero-order valence-electron chi connectivity index (χ0n) is 12.1. The number of hydrogen-bond acceptors (Lipinski definition) is 1. The summed E-state index contributed by atoms with van der Waals surface area (Å²) in [7, 11) is 3.82. The van der Waals surface area contributed by atoms with Crippen LogP contribution in [-0.2, 0) is 7.05 Å². The molecule has 0 bridgehead atoms. The van der Waals surface area contributed by atoms with Crippen LogP contribution in [0.2, 0.25) is 0 Å². The number of methoxy groups -OCH3 is 1. The summed E-state index contributed by atoms with van der Waals surface area (Å²) in [5.74, 6) is 0.901. The third-order valence-corrected chi connectivity index (χ3v) is 3.89. The Morgan fingerprint density at radius 1 is 0.950 bits per heavy atom. The first-order valence-corrected chi connectivity index (χ1v) is 6.74. The molecule has 1 aromatic heterocycles. The second kappa shape index (κ2) is 4.97. The quantitative estimate of drug-likeness (QED) is 0.644. The predicted molar refractivity (Wildman–Crippen MR) is 81.8 cm³/mol. The van der Waals surface area contributed by atoms with Crippen LogP contribution in [0.3, 0.4) is 0 Å². The summed E-state index contributed by atoms with van der Waals surface area (Å²) in [5, 5.41) is 2.54. The average Bonchev–Trinajstić information content (AvgIpc) is 2.51. The van der Waals surface area contributed by atoms with E-state index in [2.05, 4.69) is 54.9 Å². The summed E-state index contributed by atoms with van der Waals surface area (Å²) in [5.41, 5.74) is 3.54. The lowest BCUT2D eigenvalue weighted by Gasteiger charge is -2.09. The van der Waals surface area contributed by atoms with Crippen LogP contribution in [-0.4, -0.2) is 7.11 Å². The van der Waals surface area contributed by atoms with E-state index in [4.69, 9.17) is 4.74 Å². The molecule has 0 amide bonds. The standard InChI is InChI=1S/C18H18NO/c1-13-15-9-5-4-8-14(15)12-17(19(13)2)16-10-6-7-11-18(16)20-3/h4-12H,1-3H3/q+1. The number of ether oxygens (including phenoxy) is 1. The van der Waals surface area contributed by atoms with E-state index in [1.54, 1.807) is 7.11 Å². The normalized spacial score (nSPS) is 10.8. The molecule has 2 aromatic carbocycles. The van der Waals surface area contributed by atoms with Gasteiger partial charge >= 0.3 is 0 Å². The number of rotatable bonds is 2. The van der Waals surface area contributed by atoms with Crippen LogP contribution in [0.4, 0.5) is 0 Å². The van der Waals surface area contributed by atoms with E-state index in [9.17, 15) is 0 Å². The Morgan fingerprint density at radius 3 is 2.45 bits per heavy atom. The number of fused-ring (bicyclic) bond motifs is 1. The maximum atomic E-state index is 5.49. The van der Waals surface area contributed by atoms with Crippen molar-refractivity contribution in [3.05, 3.63) is 60.3 Å². The third-order valence-electron chi connectivity index (χ3n) is 3.89. The molecular formula is C18H18NO+. The molecule has 0 radical (unpaired) electrons. The van der Waals surface area contributed by atoms with Crippen molar-refractivity contribution in [2.45, 2.75) is 6.92 Å². The lowest BCUT2D eigenvalue weighted by atomic mass is 10.0. The SMILES string of the molecule is COc1ccccc1-c1cc2ccccc2c(C)[n+]1C. The highest BCUT2D eigenvalue weighted by molar-refractivity contribution is 5.86. The molecule has 0 fully saturated rings. The van der Waals surface area contributed by atoms with Crippen LogP contribution >= 0.6 is 0 Å². The highest BCUT2D eigenvalue weighted by Crippen LogP contribution is 2.29. The molecule has 20 heavy (non-hydrogen) atoms. The summed E-state index contributed by atoms with van der Waals surface area (Å²) in [6, 6.07) is 18.8. The molecule has 0 spiro atoms. The molecule has 2 nitrogen and oxygen atoms in total. The second-order valence-electron chi connectivity index (χ2n) is 4.96. The molecule has 0 aliphatic carbocycles. The van der Waals surface area contributed by atoms with Crippen LogP contribution in [0.15, 0.2) is 54.6 Å². The van der Waals surface area contributed by atoms with Crippen molar-refractivity contribution in [1.29, 1.82) is 0 Å². The smallest absolute Gasteiger partial charge is 0.216 e. The van der Waals surface area contributed by atoms with Gasteiger partial charge in [-0.2, -0.15) is 4.57 Å². The maximum absolute atomic E-state index is 5.49. The Balaban J connectivity index is 2.34. The van der Waals surface area contributed by atoms with Crippen LogP contribution in [0, 0.1) is 6.92 Å². The van der Waals surface area contributed by atoms with Gasteiger partial charge in [0.05, 0.1) is 12.7 Å². The molecule has 100 valence electrons. The number of nitrogens with zero attached hydrogens (tertiary/aromatic N) is 1. The van der Waals surface area contributed by atoms with Gasteiger partial charge in [0, 0.05) is 18.4 Å². The Labute approximate surface area is 119 Å². The monoisotopic (exact) mass is 264 g/mol. The zero-order valence-corrected chi connectivity index (χ0v) is 12.1. The van der Waals surface area contributed by atoms with E-state index in [-0.39, 0.29) is 0 Å². The van der Waals surface area contributed by atoms with E-state index in [1.165, 1.54) is 22.2 Å². The van der Waals surface area contributed by atoms with Crippen LogP contribution < -0.4 is 9.30 Å². The van der Waals surface area contributed by atoms with Gasteiger partial charge in [-0.25, -0.2) is 0 Å². The van der Waals surface area contributed by atoms with E-state index in [0.29, 0.717) is 0 Å². The van der Waals surface area contributed by atoms with Crippen molar-refractivity contribution in [2.24, 2.45) is 7.05 Å². The Bertz CT molecular complexity index is 777. The van der Waals surface area contributed by atoms with E-state index in [0.717, 1.165) is 11.3 Å². The number of para-hydroxylation sites is 1. The molecule has 0 N–H and O–H groups in total. The van der Waals surface area contributed by atoms with Gasteiger partial charge in [-0.05, 0) is 23.6 Å². The van der Waals surface area contributed by atoms with Gasteiger partial charge in [-0.15, -0.1) is 0 Å². The van der Waals surface area contributed by atoms with E-state index >= 15 is 0 Å². The fourth-order valence-corrected chi connectivity index (χ4v) is 2.67. The summed E-state index contributed by atoms with van der Waals surface area (Å²) in [4.78, 5) is 0. The predicted octanol–water partition coefficient (Wildman–Crippen LogP) is 3.65. The number of hydrogen-bond donors (Lipinski definition) is 0. The lowest BCUT2D eigenvalue weighted by Crippen LogP contribution is -2.35. The minimum Gasteiger partial charge on any atom is -0.496 e. The fourth-order valence-electron chi connectivity index (χ4n) is 2.67. The molecule has 2 heteroatoms. The first kappa shape index (κ1) is 12.7. The topological polar surface area (TPSA) is 13.1 Å².